The second-order valence-electron chi connectivity index (χ2n) is 5.98. The third kappa shape index (κ3) is 3.73. The summed E-state index contributed by atoms with van der Waals surface area (Å²) >= 11 is 3.46. The van der Waals surface area contributed by atoms with Gasteiger partial charge in [0.1, 0.15) is 16.8 Å². The number of aromatic amines is 1. The van der Waals surface area contributed by atoms with E-state index in [-0.39, 0.29) is 0 Å². The molecule has 0 aliphatic rings. The molecule has 1 heterocycles. The standard InChI is InChI=1S/C19H22BrN3O/c1-2-3-6-11-23-17-8-5-4-7-16(17)22-19(23)21-13-14-12-15(20)9-10-18(14)24/h4-5,7-10,12H,2-3,6,11,13H2,1H3,(H2,21,22,24)/p+1. The van der Waals surface area contributed by atoms with Crippen LogP contribution in [0.5, 0.6) is 5.75 Å². The summed E-state index contributed by atoms with van der Waals surface area (Å²) in [6.45, 7) is 3.76. The quantitative estimate of drug-likeness (QED) is 0.404. The van der Waals surface area contributed by atoms with E-state index in [9.17, 15) is 5.11 Å². The van der Waals surface area contributed by atoms with Gasteiger partial charge in [-0.1, -0.05) is 47.8 Å². The van der Waals surface area contributed by atoms with Crippen molar-refractivity contribution in [3.63, 3.8) is 0 Å². The molecular formula is C19H23BrN3O+. The molecule has 4 nitrogen and oxygen atoms in total. The van der Waals surface area contributed by atoms with Crippen molar-refractivity contribution in [1.82, 2.24) is 4.98 Å². The molecule has 0 aliphatic heterocycles. The number of unbranched alkanes of at least 4 members (excludes halogenated alkanes) is 2. The van der Waals surface area contributed by atoms with Crippen molar-refractivity contribution in [3.05, 3.63) is 52.5 Å². The van der Waals surface area contributed by atoms with Gasteiger partial charge in [-0.2, -0.15) is 0 Å². The first-order chi connectivity index (χ1) is 11.7. The highest BCUT2D eigenvalue weighted by Crippen LogP contribution is 2.23. The molecule has 5 heteroatoms. The summed E-state index contributed by atoms with van der Waals surface area (Å²) in [6, 6.07) is 13.8. The number of nitrogens with one attached hydrogen (secondary N) is 2. The largest absolute Gasteiger partial charge is 0.508 e. The van der Waals surface area contributed by atoms with Gasteiger partial charge in [-0.05, 0) is 36.8 Å². The molecule has 0 atom stereocenters. The fourth-order valence-electron chi connectivity index (χ4n) is 2.90. The summed E-state index contributed by atoms with van der Waals surface area (Å²) in [4.78, 5) is 3.45. The highest BCUT2D eigenvalue weighted by atomic mass is 79.9. The van der Waals surface area contributed by atoms with E-state index in [0.29, 0.717) is 12.3 Å². The Morgan fingerprint density at radius 1 is 1.17 bits per heavy atom. The minimum Gasteiger partial charge on any atom is -0.508 e. The van der Waals surface area contributed by atoms with Gasteiger partial charge in [0, 0.05) is 10.0 Å². The molecule has 0 spiro atoms. The lowest BCUT2D eigenvalue weighted by Gasteiger charge is -2.06. The summed E-state index contributed by atoms with van der Waals surface area (Å²) < 4.78 is 3.25. The molecule has 24 heavy (non-hydrogen) atoms. The first-order valence-corrected chi connectivity index (χ1v) is 9.20. The van der Waals surface area contributed by atoms with Crippen LogP contribution in [0.4, 0.5) is 5.95 Å². The van der Waals surface area contributed by atoms with Crippen LogP contribution in [-0.2, 0) is 13.1 Å². The Kier molecular flexibility index (Phi) is 5.41. The average Bonchev–Trinajstić information content (AvgIpc) is 2.94. The van der Waals surface area contributed by atoms with Crippen LogP contribution in [0.1, 0.15) is 31.7 Å². The van der Waals surface area contributed by atoms with Crippen LogP contribution >= 0.6 is 15.9 Å². The van der Waals surface area contributed by atoms with Crippen LogP contribution in [-0.4, -0.2) is 10.1 Å². The Labute approximate surface area is 150 Å². The molecule has 3 aromatic rings. The van der Waals surface area contributed by atoms with Crippen molar-refractivity contribution >= 4 is 32.9 Å². The molecule has 0 amide bonds. The first kappa shape index (κ1) is 16.8. The molecule has 0 fully saturated rings. The van der Waals surface area contributed by atoms with E-state index in [4.69, 9.17) is 0 Å². The fourth-order valence-corrected chi connectivity index (χ4v) is 3.31. The monoisotopic (exact) mass is 388 g/mol. The number of nitrogens with zero attached hydrogens (tertiary/aromatic N) is 1. The number of halogens is 1. The number of rotatable bonds is 7. The zero-order chi connectivity index (χ0) is 16.9. The summed E-state index contributed by atoms with van der Waals surface area (Å²) in [6.07, 6.45) is 3.58. The average molecular weight is 389 g/mol. The van der Waals surface area contributed by atoms with E-state index in [0.717, 1.165) is 34.5 Å². The van der Waals surface area contributed by atoms with Gasteiger partial charge in [-0.3, -0.25) is 5.32 Å². The number of fused-ring (bicyclic) bond motifs is 1. The van der Waals surface area contributed by atoms with E-state index in [1.54, 1.807) is 6.07 Å². The fraction of sp³-hybridized carbons (Fsp3) is 0.316. The van der Waals surface area contributed by atoms with Crippen LogP contribution in [0.2, 0.25) is 0 Å². The van der Waals surface area contributed by atoms with E-state index in [2.05, 4.69) is 55.9 Å². The van der Waals surface area contributed by atoms with Crippen LogP contribution < -0.4 is 9.88 Å². The van der Waals surface area contributed by atoms with Gasteiger partial charge in [0.25, 0.3) is 0 Å². The number of H-pyrrole nitrogens is 1. The van der Waals surface area contributed by atoms with Gasteiger partial charge in [0.15, 0.2) is 0 Å². The SMILES string of the molecule is CCCCC[n+]1c(NCc2cc(Br)ccc2O)[nH]c2ccccc21. The van der Waals surface area contributed by atoms with Gasteiger partial charge in [-0.25, -0.2) is 9.55 Å². The van der Waals surface area contributed by atoms with Crippen molar-refractivity contribution in [2.75, 3.05) is 5.32 Å². The number of hydrogen-bond donors (Lipinski definition) is 3. The number of anilines is 1. The summed E-state index contributed by atoms with van der Waals surface area (Å²) in [7, 11) is 0. The van der Waals surface area contributed by atoms with Gasteiger partial charge in [0.2, 0.25) is 0 Å². The molecule has 3 N–H and O–H groups in total. The number of para-hydroxylation sites is 2. The van der Waals surface area contributed by atoms with Crippen LogP contribution in [0.3, 0.4) is 0 Å². The molecule has 3 rings (SSSR count). The Hall–Kier alpha value is -2.01. The van der Waals surface area contributed by atoms with E-state index in [1.807, 2.05) is 18.2 Å². The second-order valence-corrected chi connectivity index (χ2v) is 6.89. The third-order valence-electron chi connectivity index (χ3n) is 4.19. The van der Waals surface area contributed by atoms with Crippen molar-refractivity contribution < 1.29 is 9.67 Å². The van der Waals surface area contributed by atoms with Gasteiger partial charge in [-0.15, -0.1) is 0 Å². The maximum absolute atomic E-state index is 10.0. The molecule has 0 aliphatic carbocycles. The molecule has 0 saturated heterocycles. The predicted octanol–water partition coefficient (Wildman–Crippen LogP) is 4.73. The zero-order valence-corrected chi connectivity index (χ0v) is 15.4. The molecular weight excluding hydrogens is 366 g/mol. The molecule has 0 saturated carbocycles. The van der Waals surface area contributed by atoms with Crippen molar-refractivity contribution in [1.29, 1.82) is 0 Å². The topological polar surface area (TPSA) is 51.9 Å². The number of phenolic OH excluding ortho intramolecular Hbond substituents is 1. The minimum atomic E-state index is 0.305. The van der Waals surface area contributed by atoms with E-state index >= 15 is 0 Å². The molecule has 2 aromatic carbocycles. The third-order valence-corrected chi connectivity index (χ3v) is 4.68. The molecule has 126 valence electrons. The number of benzene rings is 2. The van der Waals surface area contributed by atoms with Gasteiger partial charge in [0.05, 0.1) is 13.1 Å². The smallest absolute Gasteiger partial charge is 0.356 e. The number of phenols is 1. The highest BCUT2D eigenvalue weighted by Gasteiger charge is 2.17. The van der Waals surface area contributed by atoms with Crippen LogP contribution in [0.25, 0.3) is 11.0 Å². The van der Waals surface area contributed by atoms with Crippen molar-refractivity contribution in [3.8, 4) is 5.75 Å². The van der Waals surface area contributed by atoms with Crippen molar-refractivity contribution in [2.45, 2.75) is 39.3 Å². The van der Waals surface area contributed by atoms with Crippen LogP contribution in [0, 0.1) is 0 Å². The minimum absolute atomic E-state index is 0.305. The zero-order valence-electron chi connectivity index (χ0n) is 13.8. The maximum Gasteiger partial charge on any atom is 0.356 e. The normalized spacial score (nSPS) is 11.1. The highest BCUT2D eigenvalue weighted by molar-refractivity contribution is 9.10. The molecule has 0 unspecified atom stereocenters. The van der Waals surface area contributed by atoms with Crippen molar-refractivity contribution in [2.24, 2.45) is 0 Å². The Morgan fingerprint density at radius 2 is 2.00 bits per heavy atom. The lowest BCUT2D eigenvalue weighted by molar-refractivity contribution is -0.657. The Balaban J connectivity index is 1.85. The van der Waals surface area contributed by atoms with E-state index < -0.39 is 0 Å². The van der Waals surface area contributed by atoms with Gasteiger partial charge >= 0.3 is 5.95 Å². The summed E-state index contributed by atoms with van der Waals surface area (Å²) in [5.74, 6) is 1.28. The maximum atomic E-state index is 10.0. The number of aromatic nitrogens is 2. The van der Waals surface area contributed by atoms with E-state index in [1.165, 1.54) is 18.4 Å². The lowest BCUT2D eigenvalue weighted by atomic mass is 10.2. The Bertz CT molecular complexity index is 829. The molecule has 0 bridgehead atoms. The number of imidazole rings is 1. The number of aromatic hydroxyl groups is 1. The first-order valence-electron chi connectivity index (χ1n) is 8.41. The Morgan fingerprint density at radius 3 is 2.83 bits per heavy atom. The number of aryl methyl sites for hydroxylation is 1. The summed E-state index contributed by atoms with van der Waals surface area (Å²) in [5.41, 5.74) is 3.19. The number of hydrogen-bond acceptors (Lipinski definition) is 2. The lowest BCUT2D eigenvalue weighted by Crippen LogP contribution is -2.36. The molecule has 0 radical (unpaired) electrons. The summed E-state index contributed by atoms with van der Waals surface area (Å²) in [5, 5.41) is 13.5. The second kappa shape index (κ2) is 7.71. The van der Waals surface area contributed by atoms with Gasteiger partial charge < -0.3 is 5.11 Å². The molecule has 1 aromatic heterocycles. The van der Waals surface area contributed by atoms with Crippen LogP contribution in [0.15, 0.2) is 46.9 Å². The predicted molar refractivity (Wildman–Crippen MR) is 101 cm³/mol.